The van der Waals surface area contributed by atoms with Gasteiger partial charge >= 0.3 is 5.69 Å². The molecule has 1 aromatic rings. The predicted octanol–water partition coefficient (Wildman–Crippen LogP) is 2.53. The fourth-order valence-electron chi connectivity index (χ4n) is 1.65. The molecule has 1 aromatic heterocycles. The van der Waals surface area contributed by atoms with Crippen LogP contribution in [0.1, 0.15) is 26.3 Å². The zero-order chi connectivity index (χ0) is 13.8. The van der Waals surface area contributed by atoms with Crippen molar-refractivity contribution >= 4 is 11.5 Å². The third kappa shape index (κ3) is 3.66. The standard InChI is InChI=1S/C12H19N3O3/c1-5-18-12(3,4)8-14-11-10(15(16)17)9(2)6-7-13-11/h6-7H,5,8H2,1-4H3,(H,13,14). The van der Waals surface area contributed by atoms with Crippen molar-refractivity contribution in [3.63, 3.8) is 0 Å². The van der Waals surface area contributed by atoms with Crippen LogP contribution in [0.2, 0.25) is 0 Å². The Balaban J connectivity index is 2.85. The number of nitrogens with one attached hydrogen (secondary N) is 1. The smallest absolute Gasteiger partial charge is 0.314 e. The molecule has 0 atom stereocenters. The van der Waals surface area contributed by atoms with Gasteiger partial charge in [0.15, 0.2) is 0 Å². The highest BCUT2D eigenvalue weighted by atomic mass is 16.6. The molecule has 0 amide bonds. The molecule has 6 nitrogen and oxygen atoms in total. The van der Waals surface area contributed by atoms with E-state index in [0.717, 1.165) is 0 Å². The fourth-order valence-corrected chi connectivity index (χ4v) is 1.65. The molecule has 1 N–H and O–H groups in total. The van der Waals surface area contributed by atoms with Gasteiger partial charge in [-0.05, 0) is 33.8 Å². The molecule has 0 aliphatic heterocycles. The summed E-state index contributed by atoms with van der Waals surface area (Å²) in [7, 11) is 0. The third-order valence-electron chi connectivity index (χ3n) is 2.53. The molecule has 0 unspecified atom stereocenters. The number of nitro groups is 1. The molecule has 0 spiro atoms. The van der Waals surface area contributed by atoms with E-state index in [1.54, 1.807) is 19.2 Å². The van der Waals surface area contributed by atoms with E-state index in [2.05, 4.69) is 10.3 Å². The van der Waals surface area contributed by atoms with Crippen molar-refractivity contribution in [2.45, 2.75) is 33.3 Å². The van der Waals surface area contributed by atoms with Gasteiger partial charge in [-0.1, -0.05) is 0 Å². The van der Waals surface area contributed by atoms with E-state index in [4.69, 9.17) is 4.74 Å². The van der Waals surface area contributed by atoms with E-state index in [1.807, 2.05) is 20.8 Å². The van der Waals surface area contributed by atoms with Crippen LogP contribution >= 0.6 is 0 Å². The van der Waals surface area contributed by atoms with E-state index in [9.17, 15) is 10.1 Å². The van der Waals surface area contributed by atoms with E-state index < -0.39 is 10.5 Å². The molecule has 0 bridgehead atoms. The number of anilines is 1. The number of hydrogen-bond donors (Lipinski definition) is 1. The highest BCUT2D eigenvalue weighted by molar-refractivity contribution is 5.59. The Labute approximate surface area is 107 Å². The van der Waals surface area contributed by atoms with Gasteiger partial charge in [0.05, 0.1) is 10.5 Å². The number of ether oxygens (including phenoxy) is 1. The molecule has 0 radical (unpaired) electrons. The van der Waals surface area contributed by atoms with Crippen LogP contribution in [0.25, 0.3) is 0 Å². The summed E-state index contributed by atoms with van der Waals surface area (Å²) in [6, 6.07) is 1.62. The summed E-state index contributed by atoms with van der Waals surface area (Å²) in [6.45, 7) is 8.50. The van der Waals surface area contributed by atoms with Crippen LogP contribution < -0.4 is 5.32 Å². The van der Waals surface area contributed by atoms with E-state index >= 15 is 0 Å². The maximum Gasteiger partial charge on any atom is 0.314 e. The van der Waals surface area contributed by atoms with Crippen LogP contribution in [0.3, 0.4) is 0 Å². The van der Waals surface area contributed by atoms with Gasteiger partial charge in [0, 0.05) is 24.9 Å². The van der Waals surface area contributed by atoms with Gasteiger partial charge in [-0.15, -0.1) is 0 Å². The van der Waals surface area contributed by atoms with Gasteiger partial charge in [-0.3, -0.25) is 10.1 Å². The average molecular weight is 253 g/mol. The van der Waals surface area contributed by atoms with Crippen molar-refractivity contribution in [2.24, 2.45) is 0 Å². The normalized spacial score (nSPS) is 11.3. The second kappa shape index (κ2) is 5.77. The summed E-state index contributed by atoms with van der Waals surface area (Å²) in [6.07, 6.45) is 1.55. The highest BCUT2D eigenvalue weighted by Gasteiger charge is 2.22. The Morgan fingerprint density at radius 2 is 2.22 bits per heavy atom. The minimum absolute atomic E-state index is 0.0183. The summed E-state index contributed by atoms with van der Waals surface area (Å²) in [4.78, 5) is 14.6. The van der Waals surface area contributed by atoms with Crippen LogP contribution in [-0.4, -0.2) is 28.7 Å². The molecule has 6 heteroatoms. The maximum absolute atomic E-state index is 11.0. The summed E-state index contributed by atoms with van der Waals surface area (Å²) in [5, 5.41) is 14.0. The number of nitrogens with zero attached hydrogens (tertiary/aromatic N) is 2. The van der Waals surface area contributed by atoms with E-state index in [-0.39, 0.29) is 11.5 Å². The lowest BCUT2D eigenvalue weighted by molar-refractivity contribution is -0.384. The molecule has 1 heterocycles. The van der Waals surface area contributed by atoms with Crippen LogP contribution in [0.5, 0.6) is 0 Å². The molecule has 0 saturated heterocycles. The van der Waals surface area contributed by atoms with Crippen molar-refractivity contribution in [3.8, 4) is 0 Å². The monoisotopic (exact) mass is 253 g/mol. The molecule has 1 rings (SSSR count). The second-order valence-electron chi connectivity index (χ2n) is 4.63. The Kier molecular flexibility index (Phi) is 4.61. The molecule has 18 heavy (non-hydrogen) atoms. The largest absolute Gasteiger partial charge is 0.374 e. The van der Waals surface area contributed by atoms with Crippen molar-refractivity contribution in [2.75, 3.05) is 18.5 Å². The van der Waals surface area contributed by atoms with Crippen LogP contribution in [0, 0.1) is 17.0 Å². The fraction of sp³-hybridized carbons (Fsp3) is 0.583. The minimum Gasteiger partial charge on any atom is -0.374 e. The number of rotatable bonds is 6. The summed E-state index contributed by atoms with van der Waals surface area (Å²) in [5.41, 5.74) is 0.213. The predicted molar refractivity (Wildman–Crippen MR) is 69.8 cm³/mol. The maximum atomic E-state index is 11.0. The summed E-state index contributed by atoms with van der Waals surface area (Å²) in [5.74, 6) is 0.285. The topological polar surface area (TPSA) is 77.3 Å². The first-order chi connectivity index (χ1) is 8.37. The number of aryl methyl sites for hydroxylation is 1. The Bertz CT molecular complexity index is 433. The molecule has 100 valence electrons. The number of pyridine rings is 1. The number of aromatic nitrogens is 1. The second-order valence-corrected chi connectivity index (χ2v) is 4.63. The molecule has 0 fully saturated rings. The first kappa shape index (κ1) is 14.4. The lowest BCUT2D eigenvalue weighted by Crippen LogP contribution is -2.33. The average Bonchev–Trinajstić information content (AvgIpc) is 2.26. The van der Waals surface area contributed by atoms with Crippen LogP contribution in [0.15, 0.2) is 12.3 Å². The van der Waals surface area contributed by atoms with Crippen LogP contribution in [-0.2, 0) is 4.74 Å². The Hall–Kier alpha value is -1.69. The zero-order valence-electron chi connectivity index (χ0n) is 11.2. The molecule has 0 aliphatic carbocycles. The molecular weight excluding hydrogens is 234 g/mol. The summed E-state index contributed by atoms with van der Waals surface area (Å²) >= 11 is 0. The lowest BCUT2D eigenvalue weighted by atomic mass is 10.1. The Morgan fingerprint density at radius 3 is 2.78 bits per heavy atom. The number of hydrogen-bond acceptors (Lipinski definition) is 5. The molecule has 0 saturated carbocycles. The minimum atomic E-state index is -0.418. The molecular formula is C12H19N3O3. The van der Waals surface area contributed by atoms with Crippen molar-refractivity contribution in [1.82, 2.24) is 4.98 Å². The van der Waals surface area contributed by atoms with E-state index in [0.29, 0.717) is 18.7 Å². The van der Waals surface area contributed by atoms with E-state index in [1.165, 1.54) is 0 Å². The van der Waals surface area contributed by atoms with Crippen molar-refractivity contribution in [3.05, 3.63) is 27.9 Å². The first-order valence-electron chi connectivity index (χ1n) is 5.85. The quantitative estimate of drug-likeness (QED) is 0.622. The molecule has 0 aromatic carbocycles. The van der Waals surface area contributed by atoms with Gasteiger partial charge in [0.1, 0.15) is 0 Å². The van der Waals surface area contributed by atoms with Gasteiger partial charge in [-0.2, -0.15) is 0 Å². The lowest BCUT2D eigenvalue weighted by Gasteiger charge is -2.25. The SMILES string of the molecule is CCOC(C)(C)CNc1nccc(C)c1[N+](=O)[O-]. The Morgan fingerprint density at radius 1 is 1.56 bits per heavy atom. The zero-order valence-corrected chi connectivity index (χ0v) is 11.2. The van der Waals surface area contributed by atoms with Gasteiger partial charge < -0.3 is 10.1 Å². The van der Waals surface area contributed by atoms with Gasteiger partial charge in [-0.25, -0.2) is 4.98 Å². The molecule has 0 aliphatic rings. The highest BCUT2D eigenvalue weighted by Crippen LogP contribution is 2.26. The summed E-state index contributed by atoms with van der Waals surface area (Å²) < 4.78 is 5.52. The van der Waals surface area contributed by atoms with Gasteiger partial charge in [0.2, 0.25) is 5.82 Å². The van der Waals surface area contributed by atoms with Gasteiger partial charge in [0.25, 0.3) is 0 Å². The van der Waals surface area contributed by atoms with Crippen molar-refractivity contribution in [1.29, 1.82) is 0 Å². The van der Waals surface area contributed by atoms with Crippen molar-refractivity contribution < 1.29 is 9.66 Å². The first-order valence-corrected chi connectivity index (χ1v) is 5.85. The third-order valence-corrected chi connectivity index (χ3v) is 2.53. The van der Waals surface area contributed by atoms with Crippen LogP contribution in [0.4, 0.5) is 11.5 Å².